The molecule has 50 heavy (non-hydrogen) atoms. The van der Waals surface area contributed by atoms with Gasteiger partial charge < -0.3 is 41.5 Å². The second kappa shape index (κ2) is 14.7. The molecule has 4 rings (SSSR count). The maximum Gasteiger partial charge on any atom is 0.408 e. The van der Waals surface area contributed by atoms with Gasteiger partial charge >= 0.3 is 12.1 Å². The van der Waals surface area contributed by atoms with E-state index in [-0.39, 0.29) is 30.0 Å². The van der Waals surface area contributed by atoms with E-state index in [1.54, 1.807) is 13.8 Å². The molecule has 2 fully saturated rings. The lowest BCUT2D eigenvalue weighted by Gasteiger charge is -2.52. The van der Waals surface area contributed by atoms with Crippen LogP contribution in [0.15, 0.2) is 48.5 Å². The Balaban J connectivity index is 1.55. The van der Waals surface area contributed by atoms with Gasteiger partial charge in [0.1, 0.15) is 30.5 Å². The van der Waals surface area contributed by atoms with Crippen molar-refractivity contribution in [3.63, 3.8) is 0 Å². The monoisotopic (exact) mass is 715 g/mol. The van der Waals surface area contributed by atoms with Crippen LogP contribution in [0.3, 0.4) is 0 Å². The lowest BCUT2D eigenvalue weighted by atomic mass is 9.92. The van der Waals surface area contributed by atoms with Crippen molar-refractivity contribution in [2.45, 2.75) is 60.8 Å². The number of carboxylic acid groups (broad SMARTS) is 1. The number of hydrogen-bond acceptors (Lipinski definition) is 12. The number of nitro groups is 1. The number of carbonyl (C=O) groups is 7. The molecule has 2 aliphatic heterocycles. The summed E-state index contributed by atoms with van der Waals surface area (Å²) in [6.45, 7) is 2.77. The summed E-state index contributed by atoms with van der Waals surface area (Å²) in [5.74, 6) is -5.04. The molecule has 2 heterocycles. The summed E-state index contributed by atoms with van der Waals surface area (Å²) in [7, 11) is 1.29. The average Bonchev–Trinajstić information content (AvgIpc) is 3.28. The molecule has 7 N–H and O–H groups in total. The van der Waals surface area contributed by atoms with Crippen LogP contribution in [0.5, 0.6) is 5.75 Å². The number of β-lactam (4-membered cyclic amide) rings is 1. The van der Waals surface area contributed by atoms with E-state index in [0.29, 0.717) is 5.56 Å². The number of ether oxygens (including phenoxy) is 1. The Labute approximate surface area is 287 Å². The van der Waals surface area contributed by atoms with E-state index < -0.39 is 80.9 Å². The highest BCUT2D eigenvalue weighted by atomic mass is 32.2. The predicted molar refractivity (Wildman–Crippen MR) is 172 cm³/mol. The minimum Gasteiger partial charge on any atom is -0.508 e. The minimum absolute atomic E-state index is 0.0944. The number of fused-ring (bicyclic) bond motifs is 1. The number of non-ortho nitro benzene ring substituents is 1. The first kappa shape index (κ1) is 36.9. The van der Waals surface area contributed by atoms with E-state index >= 15 is 0 Å². The van der Waals surface area contributed by atoms with Crippen molar-refractivity contribution in [3.05, 3.63) is 69.8 Å². The third-order valence-corrected chi connectivity index (χ3v) is 9.54. The molecule has 0 radical (unpaired) electrons. The number of benzene rings is 2. The first-order chi connectivity index (χ1) is 23.5. The smallest absolute Gasteiger partial charge is 0.408 e. The molecular formula is C30H33N7O12S. The molecule has 0 saturated carbocycles. The molecule has 6 amide bonds. The topological polar surface area (TPSA) is 276 Å². The molecule has 2 saturated heterocycles. The lowest BCUT2D eigenvalue weighted by Crippen LogP contribution is -2.82. The van der Waals surface area contributed by atoms with E-state index in [2.05, 4.69) is 26.6 Å². The average molecular weight is 716 g/mol. The van der Waals surface area contributed by atoms with Crippen molar-refractivity contribution >= 4 is 59.6 Å². The number of phenolic OH excluding ortho intramolecular Hbond substituents is 1. The molecular weight excluding hydrogens is 682 g/mol. The Hall–Kier alpha value is -5.92. The lowest BCUT2D eigenvalue weighted by molar-refractivity contribution is -0.384. The number of phenols is 1. The minimum atomic E-state index is -1.68. The van der Waals surface area contributed by atoms with Gasteiger partial charge in [-0.2, -0.15) is 0 Å². The molecule has 3 unspecified atom stereocenters. The molecule has 19 nitrogen and oxygen atoms in total. The normalized spacial score (nSPS) is 21.3. The van der Waals surface area contributed by atoms with Gasteiger partial charge in [0.05, 0.1) is 11.3 Å². The summed E-state index contributed by atoms with van der Waals surface area (Å²) in [6, 6.07) is 4.09. The molecule has 266 valence electrons. The van der Waals surface area contributed by atoms with Crippen molar-refractivity contribution in [1.82, 2.24) is 31.5 Å². The van der Waals surface area contributed by atoms with Crippen LogP contribution in [0.2, 0.25) is 0 Å². The second-order valence-corrected chi connectivity index (χ2v) is 13.5. The van der Waals surface area contributed by atoms with Crippen LogP contribution in [-0.2, 0) is 40.1 Å². The molecule has 0 aliphatic carbocycles. The number of carboxylic acids is 1. The number of thioether (sulfide) groups is 1. The van der Waals surface area contributed by atoms with E-state index in [0.717, 1.165) is 16.7 Å². The summed E-state index contributed by atoms with van der Waals surface area (Å²) < 4.78 is 4.01. The number of nitrogens with zero attached hydrogens (tertiary/aromatic N) is 2. The number of hydrogen-bond donors (Lipinski definition) is 7. The van der Waals surface area contributed by atoms with Gasteiger partial charge in [-0.25, -0.2) is 9.59 Å². The number of nitro benzene ring substituents is 1. The first-order valence-corrected chi connectivity index (χ1v) is 15.6. The molecule has 2 aromatic rings. The molecule has 5 atom stereocenters. The van der Waals surface area contributed by atoms with Crippen molar-refractivity contribution in [3.8, 4) is 5.75 Å². The van der Waals surface area contributed by atoms with Crippen molar-refractivity contribution < 1.29 is 53.4 Å². The predicted octanol–water partition coefficient (Wildman–Crippen LogP) is -0.406. The van der Waals surface area contributed by atoms with Crippen molar-refractivity contribution in [1.29, 1.82) is 0 Å². The Kier molecular flexibility index (Phi) is 10.8. The fourth-order valence-corrected chi connectivity index (χ4v) is 7.35. The van der Waals surface area contributed by atoms with Crippen molar-refractivity contribution in [2.75, 3.05) is 7.05 Å². The largest absolute Gasteiger partial charge is 0.508 e. The van der Waals surface area contributed by atoms with Crippen LogP contribution in [0.1, 0.15) is 37.4 Å². The molecule has 0 bridgehead atoms. The number of aliphatic carboxylic acids is 1. The molecule has 2 aromatic carbocycles. The zero-order valence-electron chi connectivity index (χ0n) is 26.7. The summed E-state index contributed by atoms with van der Waals surface area (Å²) in [4.78, 5) is 99.0. The molecule has 0 spiro atoms. The fourth-order valence-electron chi connectivity index (χ4n) is 5.55. The van der Waals surface area contributed by atoms with Gasteiger partial charge in [0.15, 0.2) is 11.0 Å². The van der Waals surface area contributed by atoms with Gasteiger partial charge in [-0.05, 0) is 49.2 Å². The van der Waals surface area contributed by atoms with Crippen LogP contribution in [-0.4, -0.2) is 97.1 Å². The summed E-state index contributed by atoms with van der Waals surface area (Å²) in [5, 5.41) is 42.5. The zero-order valence-corrected chi connectivity index (χ0v) is 27.5. The Morgan fingerprint density at radius 3 is 2.26 bits per heavy atom. The number of rotatable bonds is 14. The van der Waals surface area contributed by atoms with Gasteiger partial charge in [0, 0.05) is 23.9 Å². The van der Waals surface area contributed by atoms with Gasteiger partial charge in [0.25, 0.3) is 11.6 Å². The third-order valence-electron chi connectivity index (χ3n) is 7.92. The van der Waals surface area contributed by atoms with Gasteiger partial charge in [-0.3, -0.25) is 39.0 Å². The van der Waals surface area contributed by atoms with E-state index in [1.165, 1.54) is 55.6 Å². The van der Waals surface area contributed by atoms with E-state index in [4.69, 9.17) is 4.74 Å². The highest BCUT2D eigenvalue weighted by Gasteiger charge is 2.74. The van der Waals surface area contributed by atoms with Gasteiger partial charge in [0.2, 0.25) is 24.1 Å². The van der Waals surface area contributed by atoms with Crippen LogP contribution in [0.25, 0.3) is 0 Å². The van der Waals surface area contributed by atoms with Crippen LogP contribution in [0.4, 0.5) is 10.5 Å². The van der Waals surface area contributed by atoms with Gasteiger partial charge in [-0.1, -0.05) is 12.1 Å². The summed E-state index contributed by atoms with van der Waals surface area (Å²) in [6.07, 6.45) is -1.49. The van der Waals surface area contributed by atoms with E-state index in [9.17, 15) is 53.9 Å². The molecule has 2 aliphatic rings. The fraction of sp³-hybridized carbons (Fsp3) is 0.367. The first-order valence-electron chi connectivity index (χ1n) is 14.8. The third kappa shape index (κ3) is 7.53. The molecule has 0 aromatic heterocycles. The second-order valence-electron chi connectivity index (χ2n) is 11.7. The Morgan fingerprint density at radius 2 is 1.70 bits per heavy atom. The number of nitrogens with one attached hydrogen (secondary N) is 5. The Morgan fingerprint density at radius 1 is 1.06 bits per heavy atom. The summed E-state index contributed by atoms with van der Waals surface area (Å²) >= 11 is 0.940. The number of alkyl carbamates (subject to hydrolysis) is 1. The quantitative estimate of drug-likeness (QED) is 0.0568. The van der Waals surface area contributed by atoms with Crippen LogP contribution < -0.4 is 26.6 Å². The maximum absolute atomic E-state index is 13.8. The standard InChI is InChI=1S/C30H33N7O12S/c1-29(2)23(27(44)45)36-26(43)22(30(36,50-29)32-14-38)35-25(42)21(16-6-10-18(39)11-7-16)34-24(41)19(12-20(40)31-3)33-28(46)49-13-15-4-8-17(9-5-15)37(47)48/h4-11,14,19,21-23,39H,12-13H2,1-3H3,(H,31,40)(H,32,38)(H,33,46)(H,34,41)(H,35,42)(H,44,45)/t19?,21?,22-,23-,30?/m0/s1. The number of aromatic hydroxyl groups is 1. The zero-order chi connectivity index (χ0) is 37.0. The highest BCUT2D eigenvalue weighted by Crippen LogP contribution is 2.56. The number of amides is 6. The van der Waals surface area contributed by atoms with E-state index in [1.807, 2.05) is 0 Å². The Bertz CT molecular complexity index is 1700. The van der Waals surface area contributed by atoms with Crippen molar-refractivity contribution in [2.24, 2.45) is 0 Å². The number of carbonyl (C=O) groups excluding carboxylic acids is 6. The highest BCUT2D eigenvalue weighted by molar-refractivity contribution is 8.02. The van der Waals surface area contributed by atoms with Gasteiger partial charge in [-0.15, -0.1) is 11.8 Å². The summed E-state index contributed by atoms with van der Waals surface area (Å²) in [5.41, 5.74) is 0.292. The maximum atomic E-state index is 13.8. The van der Waals surface area contributed by atoms with Crippen LogP contribution >= 0.6 is 11.8 Å². The SMILES string of the molecule is CNC(=O)CC(NC(=O)OCc1ccc([N+](=O)[O-])cc1)C(=O)NC(C(=O)N[C@H]1C(=O)N2[C@@H](C(=O)O)C(C)(C)SC12NC=O)c1ccc(O)cc1. The molecule has 20 heteroatoms. The van der Waals surface area contributed by atoms with Crippen LogP contribution in [0, 0.1) is 10.1 Å².